The van der Waals surface area contributed by atoms with Gasteiger partial charge in [0, 0.05) is 17.4 Å². The highest BCUT2D eigenvalue weighted by atomic mass is 32.2. The molecule has 0 fully saturated rings. The van der Waals surface area contributed by atoms with Gasteiger partial charge >= 0.3 is 0 Å². The van der Waals surface area contributed by atoms with Gasteiger partial charge in [0.05, 0.1) is 16.9 Å². The molecule has 13 heteroatoms. The van der Waals surface area contributed by atoms with Gasteiger partial charge in [-0.15, -0.1) is 0 Å². The Balaban J connectivity index is 0.000000248. The number of nitrogen functional groups attached to an aromatic ring is 2. The van der Waals surface area contributed by atoms with E-state index in [1.165, 1.54) is 68.0 Å². The second-order valence-electron chi connectivity index (χ2n) is 5.73. The van der Waals surface area contributed by atoms with Gasteiger partial charge in [0.2, 0.25) is 15.9 Å². The maximum absolute atomic E-state index is 12.1. The minimum Gasteiger partial charge on any atom is -0.481 e. The van der Waals surface area contributed by atoms with Crippen molar-refractivity contribution in [2.75, 3.05) is 23.3 Å². The third-order valence-electron chi connectivity index (χ3n) is 3.49. The van der Waals surface area contributed by atoms with Crippen LogP contribution in [0.1, 0.15) is 0 Å². The molecule has 3 rings (SSSR count). The van der Waals surface area contributed by atoms with Gasteiger partial charge in [-0.05, 0) is 48.5 Å². The number of methoxy groups -OCH3 is 1. The summed E-state index contributed by atoms with van der Waals surface area (Å²) in [6.45, 7) is 0. The van der Waals surface area contributed by atoms with E-state index in [-0.39, 0.29) is 21.5 Å². The van der Waals surface area contributed by atoms with Crippen LogP contribution >= 0.6 is 0 Å². The Morgan fingerprint density at radius 3 is 1.80 bits per heavy atom. The molecule has 0 amide bonds. The number of nitrogens with zero attached hydrogens (tertiary/aromatic N) is 2. The summed E-state index contributed by atoms with van der Waals surface area (Å²) in [7, 11) is -5.85. The van der Waals surface area contributed by atoms with Crippen LogP contribution in [-0.4, -0.2) is 33.9 Å². The van der Waals surface area contributed by atoms with Crippen molar-refractivity contribution in [1.82, 2.24) is 9.97 Å². The molecule has 0 saturated heterocycles. The fraction of sp³-hybridized carbons (Fsp3) is 0.0588. The molecule has 0 bridgehead atoms. The number of benzene rings is 2. The topological polar surface area (TPSA) is 193 Å². The number of ether oxygens (including phenoxy) is 1. The summed E-state index contributed by atoms with van der Waals surface area (Å²) in [5.74, 6) is 0.397. The number of primary sulfonamides is 1. The molecule has 30 heavy (non-hydrogen) atoms. The quantitative estimate of drug-likeness (QED) is 0.405. The first-order valence-electron chi connectivity index (χ1n) is 8.14. The van der Waals surface area contributed by atoms with Crippen LogP contribution in [-0.2, 0) is 20.0 Å². The predicted octanol–water partition coefficient (Wildman–Crippen LogP) is 0.784. The number of rotatable bonds is 5. The summed E-state index contributed by atoms with van der Waals surface area (Å²) >= 11 is 0. The smallest absolute Gasteiger partial charge is 0.263 e. The summed E-state index contributed by atoms with van der Waals surface area (Å²) < 4.78 is 52.7. The lowest BCUT2D eigenvalue weighted by Crippen LogP contribution is -2.14. The number of nitrogens with one attached hydrogen (secondary N) is 1. The Hall–Kier alpha value is -3.42. The molecule has 1 aromatic heterocycles. The number of nitrogens with two attached hydrogens (primary N) is 3. The Labute approximate surface area is 174 Å². The van der Waals surface area contributed by atoms with E-state index >= 15 is 0 Å². The van der Waals surface area contributed by atoms with Crippen molar-refractivity contribution in [3.8, 4) is 5.88 Å². The highest BCUT2D eigenvalue weighted by Crippen LogP contribution is 2.17. The maximum Gasteiger partial charge on any atom is 0.263 e. The van der Waals surface area contributed by atoms with Gasteiger partial charge in [0.15, 0.2) is 0 Å². The van der Waals surface area contributed by atoms with Crippen LogP contribution in [0.3, 0.4) is 0 Å². The summed E-state index contributed by atoms with van der Waals surface area (Å²) in [6, 6.07) is 12.9. The van der Waals surface area contributed by atoms with Crippen LogP contribution in [0.5, 0.6) is 5.88 Å². The fourth-order valence-corrected chi connectivity index (χ4v) is 3.52. The molecular weight excluding hydrogens is 432 g/mol. The van der Waals surface area contributed by atoms with Gasteiger partial charge in [-0.3, -0.25) is 4.72 Å². The van der Waals surface area contributed by atoms with E-state index in [9.17, 15) is 16.8 Å². The van der Waals surface area contributed by atoms with Crippen molar-refractivity contribution >= 4 is 37.2 Å². The first kappa shape index (κ1) is 22.9. The first-order valence-corrected chi connectivity index (χ1v) is 11.2. The van der Waals surface area contributed by atoms with Crippen LogP contribution in [0.15, 0.2) is 70.7 Å². The van der Waals surface area contributed by atoms with Crippen molar-refractivity contribution in [1.29, 1.82) is 0 Å². The Morgan fingerprint density at radius 1 is 0.833 bits per heavy atom. The van der Waals surface area contributed by atoms with E-state index in [1.807, 2.05) is 0 Å². The van der Waals surface area contributed by atoms with Gasteiger partial charge in [-0.1, -0.05) is 0 Å². The molecular formula is C17H20N6O5S2. The zero-order valence-corrected chi connectivity index (χ0v) is 17.4. The molecule has 0 aliphatic heterocycles. The molecule has 160 valence electrons. The van der Waals surface area contributed by atoms with Crippen LogP contribution < -0.4 is 26.1 Å². The van der Waals surface area contributed by atoms with Gasteiger partial charge in [0.25, 0.3) is 10.0 Å². The average molecular weight is 453 g/mol. The zero-order valence-electron chi connectivity index (χ0n) is 15.8. The van der Waals surface area contributed by atoms with E-state index in [2.05, 4.69) is 14.7 Å². The van der Waals surface area contributed by atoms with Crippen molar-refractivity contribution in [3.63, 3.8) is 0 Å². The van der Waals surface area contributed by atoms with Gasteiger partial charge in [0.1, 0.15) is 12.1 Å². The van der Waals surface area contributed by atoms with Gasteiger partial charge in [-0.2, -0.15) is 0 Å². The molecule has 0 saturated carbocycles. The van der Waals surface area contributed by atoms with Crippen LogP contribution in [0, 0.1) is 0 Å². The van der Waals surface area contributed by atoms with E-state index in [0.29, 0.717) is 11.4 Å². The third kappa shape index (κ3) is 6.58. The molecule has 0 atom stereocenters. The molecule has 0 spiro atoms. The van der Waals surface area contributed by atoms with Crippen molar-refractivity contribution in [3.05, 3.63) is 60.9 Å². The molecule has 2 aromatic carbocycles. The molecule has 3 aromatic rings. The number of anilines is 3. The maximum atomic E-state index is 12.1. The van der Waals surface area contributed by atoms with Crippen LogP contribution in [0.2, 0.25) is 0 Å². The lowest BCUT2D eigenvalue weighted by atomic mass is 10.3. The minimum absolute atomic E-state index is 0.0756. The van der Waals surface area contributed by atoms with Crippen molar-refractivity contribution in [2.45, 2.75) is 9.79 Å². The highest BCUT2D eigenvalue weighted by Gasteiger charge is 2.15. The Kier molecular flexibility index (Phi) is 7.15. The van der Waals surface area contributed by atoms with Crippen LogP contribution in [0.25, 0.3) is 0 Å². The number of sulfonamides is 2. The molecule has 0 radical (unpaired) electrons. The van der Waals surface area contributed by atoms with Crippen molar-refractivity contribution in [2.24, 2.45) is 5.14 Å². The third-order valence-corrected chi connectivity index (χ3v) is 5.79. The normalized spacial score (nSPS) is 11.1. The van der Waals surface area contributed by atoms with Crippen LogP contribution in [0.4, 0.5) is 17.2 Å². The number of hydrogen-bond donors (Lipinski definition) is 4. The second-order valence-corrected chi connectivity index (χ2v) is 8.98. The summed E-state index contributed by atoms with van der Waals surface area (Å²) in [5.41, 5.74) is 11.8. The lowest BCUT2D eigenvalue weighted by Gasteiger charge is -2.08. The molecule has 0 aliphatic carbocycles. The second kappa shape index (κ2) is 9.39. The molecule has 1 heterocycles. The van der Waals surface area contributed by atoms with Crippen molar-refractivity contribution < 1.29 is 21.6 Å². The molecule has 0 unspecified atom stereocenters. The molecule has 7 N–H and O–H groups in total. The van der Waals surface area contributed by atoms with E-state index in [4.69, 9.17) is 21.3 Å². The SMILES string of the molecule is COc1cc(NS(=O)(=O)c2ccc(N)cc2)ncn1.Nc1ccc(S(N)(=O)=O)cc1. The molecule has 11 nitrogen and oxygen atoms in total. The minimum atomic E-state index is -3.71. The molecule has 0 aliphatic rings. The number of hydrogen-bond acceptors (Lipinski definition) is 9. The number of aromatic nitrogens is 2. The fourth-order valence-electron chi connectivity index (χ4n) is 2.01. The summed E-state index contributed by atoms with van der Waals surface area (Å²) in [6.07, 6.45) is 1.21. The van der Waals surface area contributed by atoms with Gasteiger partial charge < -0.3 is 16.2 Å². The van der Waals surface area contributed by atoms with E-state index in [1.54, 1.807) is 0 Å². The van der Waals surface area contributed by atoms with E-state index < -0.39 is 20.0 Å². The summed E-state index contributed by atoms with van der Waals surface area (Å²) in [5, 5.41) is 4.84. The zero-order chi connectivity index (χ0) is 22.4. The Morgan fingerprint density at radius 2 is 1.33 bits per heavy atom. The monoisotopic (exact) mass is 452 g/mol. The largest absolute Gasteiger partial charge is 0.481 e. The highest BCUT2D eigenvalue weighted by molar-refractivity contribution is 7.92. The first-order chi connectivity index (χ1) is 14.0. The predicted molar refractivity (Wildman–Crippen MR) is 112 cm³/mol. The Bertz CT molecular complexity index is 1200. The van der Waals surface area contributed by atoms with E-state index in [0.717, 1.165) is 0 Å². The standard InChI is InChI=1S/C11H12N4O3S.C6H8N2O2S/c1-18-11-6-10(13-7-14-11)15-19(16,17)9-4-2-8(12)3-5-9;7-5-1-3-6(4-2-5)11(8,9)10/h2-7H,12H2,1H3,(H,13,14,15);1-4H,7H2,(H2,8,9,10). The summed E-state index contributed by atoms with van der Waals surface area (Å²) in [4.78, 5) is 7.77. The lowest BCUT2D eigenvalue weighted by molar-refractivity contribution is 0.397. The van der Waals surface area contributed by atoms with Gasteiger partial charge in [-0.25, -0.2) is 31.9 Å². The average Bonchev–Trinajstić information content (AvgIpc) is 2.68.